The van der Waals surface area contributed by atoms with E-state index in [1.807, 2.05) is 13.8 Å². The molecular weight excluding hydrogens is 451 g/mol. The molecule has 0 aliphatic carbocycles. The molecule has 0 unspecified atom stereocenters. The van der Waals surface area contributed by atoms with Crippen molar-refractivity contribution in [2.24, 2.45) is 10.9 Å². The van der Waals surface area contributed by atoms with Gasteiger partial charge in [-0.25, -0.2) is 8.42 Å². The predicted molar refractivity (Wildman–Crippen MR) is 116 cm³/mol. The van der Waals surface area contributed by atoms with Gasteiger partial charge in [0.2, 0.25) is 0 Å². The number of rotatable bonds is 4. The fourth-order valence-electron chi connectivity index (χ4n) is 3.45. The Bertz CT molecular complexity index is 543. The van der Waals surface area contributed by atoms with Crippen LogP contribution in [0.15, 0.2) is 4.99 Å². The van der Waals surface area contributed by atoms with Crippen LogP contribution in [0.5, 0.6) is 0 Å². The molecule has 8 heteroatoms. The first-order valence-corrected chi connectivity index (χ1v) is 10.8. The number of sulfone groups is 1. The lowest BCUT2D eigenvalue weighted by Gasteiger charge is -2.39. The second-order valence-electron chi connectivity index (χ2n) is 7.77. The van der Waals surface area contributed by atoms with Gasteiger partial charge in [0.05, 0.1) is 10.5 Å². The van der Waals surface area contributed by atoms with E-state index in [9.17, 15) is 8.42 Å². The zero-order valence-corrected chi connectivity index (χ0v) is 19.3. The van der Waals surface area contributed by atoms with Crippen molar-refractivity contribution in [1.82, 2.24) is 15.1 Å². The van der Waals surface area contributed by atoms with Gasteiger partial charge in [0, 0.05) is 26.2 Å². The minimum atomic E-state index is -3.01. The van der Waals surface area contributed by atoms with Crippen molar-refractivity contribution in [2.45, 2.75) is 44.8 Å². The second kappa shape index (κ2) is 9.73. The van der Waals surface area contributed by atoms with Crippen molar-refractivity contribution < 1.29 is 8.42 Å². The minimum absolute atomic E-state index is 0. The quantitative estimate of drug-likeness (QED) is 0.373. The number of piperidine rings is 1. The lowest BCUT2D eigenvalue weighted by atomic mass is 9.94. The van der Waals surface area contributed by atoms with Crippen molar-refractivity contribution in [3.63, 3.8) is 0 Å². The van der Waals surface area contributed by atoms with Crippen LogP contribution in [0.25, 0.3) is 0 Å². The maximum absolute atomic E-state index is 12.2. The van der Waals surface area contributed by atoms with Gasteiger partial charge in [-0.2, -0.15) is 0 Å². The lowest BCUT2D eigenvalue weighted by Crippen LogP contribution is -2.57. The molecule has 2 saturated heterocycles. The fourth-order valence-corrected chi connectivity index (χ4v) is 4.82. The Morgan fingerprint density at radius 1 is 1.24 bits per heavy atom. The first kappa shape index (κ1) is 23.0. The number of halogens is 1. The van der Waals surface area contributed by atoms with Gasteiger partial charge < -0.3 is 15.1 Å². The maximum Gasteiger partial charge on any atom is 0.193 e. The standard InChI is InChI=1S/C17H34N4O2S.HI/c1-5-18-16(19-9-6-15-7-10-20(4)11-8-15)21-12-13-24(22,23)17(2,3)14-21;/h15H,5-14H2,1-4H3,(H,18,19);1H. The van der Waals surface area contributed by atoms with Crippen LogP contribution in [-0.4, -0.2) is 81.0 Å². The monoisotopic (exact) mass is 486 g/mol. The third kappa shape index (κ3) is 6.23. The Balaban J connectivity index is 0.00000312. The molecule has 2 aliphatic rings. The van der Waals surface area contributed by atoms with Gasteiger partial charge in [0.1, 0.15) is 0 Å². The number of aliphatic imine (C=N–C) groups is 1. The van der Waals surface area contributed by atoms with E-state index in [2.05, 4.69) is 29.1 Å². The second-order valence-corrected chi connectivity index (χ2v) is 10.5. The van der Waals surface area contributed by atoms with E-state index in [4.69, 9.17) is 4.99 Å². The summed E-state index contributed by atoms with van der Waals surface area (Å²) in [6, 6.07) is 0. The van der Waals surface area contributed by atoms with Gasteiger partial charge in [-0.05, 0) is 66.1 Å². The molecule has 0 aromatic rings. The minimum Gasteiger partial charge on any atom is -0.357 e. The van der Waals surface area contributed by atoms with Gasteiger partial charge in [-0.3, -0.25) is 4.99 Å². The fraction of sp³-hybridized carbons (Fsp3) is 0.941. The highest BCUT2D eigenvalue weighted by molar-refractivity contribution is 14.0. The Labute approximate surface area is 170 Å². The maximum atomic E-state index is 12.2. The summed E-state index contributed by atoms with van der Waals surface area (Å²) in [4.78, 5) is 9.29. The van der Waals surface area contributed by atoms with Gasteiger partial charge in [0.25, 0.3) is 0 Å². The summed E-state index contributed by atoms with van der Waals surface area (Å²) >= 11 is 0. The molecule has 148 valence electrons. The van der Waals surface area contributed by atoms with Crippen LogP contribution in [0.2, 0.25) is 0 Å². The number of likely N-dealkylation sites (tertiary alicyclic amines) is 1. The Hall–Kier alpha value is -0.0900. The first-order valence-electron chi connectivity index (χ1n) is 9.19. The normalized spacial score (nSPS) is 24.6. The van der Waals surface area contributed by atoms with E-state index >= 15 is 0 Å². The summed E-state index contributed by atoms with van der Waals surface area (Å²) < 4.78 is 23.7. The van der Waals surface area contributed by atoms with E-state index in [-0.39, 0.29) is 29.7 Å². The summed E-state index contributed by atoms with van der Waals surface area (Å²) in [7, 11) is -0.830. The van der Waals surface area contributed by atoms with E-state index in [1.165, 1.54) is 25.9 Å². The highest BCUT2D eigenvalue weighted by Gasteiger charge is 2.40. The van der Waals surface area contributed by atoms with Crippen LogP contribution in [0.4, 0.5) is 0 Å². The van der Waals surface area contributed by atoms with E-state index in [1.54, 1.807) is 0 Å². The number of hydrogen-bond donors (Lipinski definition) is 1. The Morgan fingerprint density at radius 2 is 1.88 bits per heavy atom. The molecule has 6 nitrogen and oxygen atoms in total. The topological polar surface area (TPSA) is 65.0 Å². The third-order valence-corrected chi connectivity index (χ3v) is 7.85. The molecule has 0 bridgehead atoms. The summed E-state index contributed by atoms with van der Waals surface area (Å²) in [6.45, 7) is 10.7. The van der Waals surface area contributed by atoms with Crippen molar-refractivity contribution >= 4 is 39.8 Å². The van der Waals surface area contributed by atoms with Crippen molar-refractivity contribution in [1.29, 1.82) is 0 Å². The number of nitrogens with one attached hydrogen (secondary N) is 1. The molecule has 2 rings (SSSR count). The predicted octanol–water partition coefficient (Wildman–Crippen LogP) is 1.81. The van der Waals surface area contributed by atoms with E-state index in [0.717, 1.165) is 31.4 Å². The molecule has 0 spiro atoms. The molecule has 0 saturated carbocycles. The number of guanidine groups is 1. The molecule has 2 fully saturated rings. The van der Waals surface area contributed by atoms with Crippen LogP contribution < -0.4 is 5.32 Å². The summed E-state index contributed by atoms with van der Waals surface area (Å²) in [5, 5.41) is 3.34. The van der Waals surface area contributed by atoms with Gasteiger partial charge in [-0.15, -0.1) is 24.0 Å². The van der Waals surface area contributed by atoms with Crippen LogP contribution in [0.3, 0.4) is 0 Å². The smallest absolute Gasteiger partial charge is 0.193 e. The molecule has 0 aromatic carbocycles. The average Bonchev–Trinajstić information content (AvgIpc) is 2.51. The molecule has 0 atom stereocenters. The lowest BCUT2D eigenvalue weighted by molar-refractivity contribution is 0.214. The molecule has 2 aliphatic heterocycles. The molecule has 25 heavy (non-hydrogen) atoms. The largest absolute Gasteiger partial charge is 0.357 e. The Morgan fingerprint density at radius 3 is 2.44 bits per heavy atom. The number of nitrogens with zero attached hydrogens (tertiary/aromatic N) is 3. The highest BCUT2D eigenvalue weighted by atomic mass is 127. The van der Waals surface area contributed by atoms with Gasteiger partial charge >= 0.3 is 0 Å². The molecule has 0 aromatic heterocycles. The Kier molecular flexibility index (Phi) is 8.93. The first-order chi connectivity index (χ1) is 11.2. The highest BCUT2D eigenvalue weighted by Crippen LogP contribution is 2.24. The molecule has 2 heterocycles. The average molecular weight is 486 g/mol. The van der Waals surface area contributed by atoms with E-state index in [0.29, 0.717) is 13.1 Å². The molecule has 1 N–H and O–H groups in total. The van der Waals surface area contributed by atoms with Crippen LogP contribution in [-0.2, 0) is 9.84 Å². The van der Waals surface area contributed by atoms with Crippen molar-refractivity contribution in [3.05, 3.63) is 0 Å². The van der Waals surface area contributed by atoms with Crippen molar-refractivity contribution in [3.8, 4) is 0 Å². The van der Waals surface area contributed by atoms with Gasteiger partial charge in [0.15, 0.2) is 15.8 Å². The number of hydrogen-bond acceptors (Lipinski definition) is 4. The van der Waals surface area contributed by atoms with E-state index < -0.39 is 14.6 Å². The van der Waals surface area contributed by atoms with Crippen molar-refractivity contribution in [2.75, 3.05) is 52.1 Å². The summed E-state index contributed by atoms with van der Waals surface area (Å²) in [5.41, 5.74) is 0. The zero-order chi connectivity index (χ0) is 17.8. The SMILES string of the molecule is CCNC(=NCCC1CCN(C)CC1)N1CCS(=O)(=O)C(C)(C)C1.I. The van der Waals surface area contributed by atoms with Gasteiger partial charge in [-0.1, -0.05) is 0 Å². The van der Waals surface area contributed by atoms with Crippen LogP contribution in [0.1, 0.15) is 40.0 Å². The third-order valence-electron chi connectivity index (χ3n) is 5.31. The molecule has 0 amide bonds. The van der Waals surface area contributed by atoms with Crippen LogP contribution in [0, 0.1) is 5.92 Å². The summed E-state index contributed by atoms with van der Waals surface area (Å²) in [5.74, 6) is 1.85. The van der Waals surface area contributed by atoms with Crippen LogP contribution >= 0.6 is 24.0 Å². The molecular formula is C17H35IN4O2S. The zero-order valence-electron chi connectivity index (χ0n) is 16.1. The molecule has 0 radical (unpaired) electrons. The summed E-state index contributed by atoms with van der Waals surface area (Å²) in [6.07, 6.45) is 3.65.